The fourth-order valence-electron chi connectivity index (χ4n) is 4.37. The van der Waals surface area contributed by atoms with Crippen LogP contribution in [0.4, 0.5) is 0 Å². The lowest BCUT2D eigenvalue weighted by molar-refractivity contribution is 0.0826. The zero-order valence-corrected chi connectivity index (χ0v) is 13.0. The van der Waals surface area contributed by atoms with Gasteiger partial charge in [-0.2, -0.15) is 0 Å². The van der Waals surface area contributed by atoms with Crippen LogP contribution in [-0.4, -0.2) is 11.9 Å². The Morgan fingerprint density at radius 2 is 1.85 bits per heavy atom. The summed E-state index contributed by atoms with van der Waals surface area (Å²) < 4.78 is 0. The van der Waals surface area contributed by atoms with Crippen molar-refractivity contribution >= 4 is 5.91 Å². The third-order valence-electron chi connectivity index (χ3n) is 6.41. The maximum Gasteiger partial charge on any atom is 0.251 e. The van der Waals surface area contributed by atoms with Crippen molar-refractivity contribution in [3.63, 3.8) is 0 Å². The van der Waals surface area contributed by atoms with E-state index >= 15 is 0 Å². The Morgan fingerprint density at radius 1 is 1.20 bits per heavy atom. The van der Waals surface area contributed by atoms with E-state index in [1.165, 1.54) is 18.4 Å². The molecule has 1 aromatic rings. The number of carbonyl (C=O) groups excluding carboxylic acids is 1. The molecule has 2 heteroatoms. The van der Waals surface area contributed by atoms with E-state index in [1.807, 2.05) is 31.2 Å². The van der Waals surface area contributed by atoms with Crippen LogP contribution in [0.2, 0.25) is 0 Å². The lowest BCUT2D eigenvalue weighted by atomic mass is 9.69. The first kappa shape index (κ1) is 13.7. The van der Waals surface area contributed by atoms with Gasteiger partial charge in [0.05, 0.1) is 0 Å². The summed E-state index contributed by atoms with van der Waals surface area (Å²) in [4.78, 5) is 12.4. The van der Waals surface area contributed by atoms with Crippen molar-refractivity contribution in [2.75, 3.05) is 0 Å². The summed E-state index contributed by atoms with van der Waals surface area (Å²) in [5.74, 6) is 0.843. The zero-order valence-electron chi connectivity index (χ0n) is 13.0. The number of amides is 1. The molecule has 20 heavy (non-hydrogen) atoms. The summed E-state index contributed by atoms with van der Waals surface area (Å²) in [5.41, 5.74) is 2.56. The molecule has 3 unspecified atom stereocenters. The Bertz CT molecular complexity index is 531. The van der Waals surface area contributed by atoms with Gasteiger partial charge in [-0.1, -0.05) is 38.5 Å². The van der Waals surface area contributed by atoms with Gasteiger partial charge in [0.15, 0.2) is 0 Å². The lowest BCUT2D eigenvalue weighted by Gasteiger charge is -2.39. The van der Waals surface area contributed by atoms with Gasteiger partial charge >= 0.3 is 0 Å². The molecule has 0 aromatic heterocycles. The molecule has 0 spiro atoms. The molecule has 2 saturated carbocycles. The molecule has 0 heterocycles. The van der Waals surface area contributed by atoms with E-state index in [0.29, 0.717) is 11.5 Å². The van der Waals surface area contributed by atoms with E-state index in [1.54, 1.807) is 0 Å². The lowest BCUT2D eigenvalue weighted by Crippen LogP contribution is -2.46. The highest BCUT2D eigenvalue weighted by Gasteiger charge is 2.61. The highest BCUT2D eigenvalue weighted by atomic mass is 16.1. The van der Waals surface area contributed by atoms with Crippen LogP contribution in [-0.2, 0) is 0 Å². The summed E-state index contributed by atoms with van der Waals surface area (Å²) in [6.07, 6.45) is 3.70. The molecule has 0 saturated heterocycles. The zero-order chi connectivity index (χ0) is 14.5. The van der Waals surface area contributed by atoms with Crippen molar-refractivity contribution in [1.29, 1.82) is 0 Å². The number of hydrogen-bond acceptors (Lipinski definition) is 1. The van der Waals surface area contributed by atoms with Crippen molar-refractivity contribution in [3.05, 3.63) is 35.4 Å². The second-order valence-electron chi connectivity index (χ2n) is 7.50. The molecular weight excluding hydrogens is 246 g/mol. The van der Waals surface area contributed by atoms with Crippen LogP contribution >= 0.6 is 0 Å². The number of hydrogen-bond donors (Lipinski definition) is 1. The second-order valence-corrected chi connectivity index (χ2v) is 7.50. The monoisotopic (exact) mass is 271 g/mol. The van der Waals surface area contributed by atoms with Gasteiger partial charge in [-0.05, 0) is 55.1 Å². The molecule has 3 atom stereocenters. The molecule has 0 aliphatic heterocycles. The Morgan fingerprint density at radius 3 is 2.35 bits per heavy atom. The van der Waals surface area contributed by atoms with Crippen molar-refractivity contribution in [1.82, 2.24) is 5.32 Å². The first-order valence-electron chi connectivity index (χ1n) is 7.72. The molecule has 2 bridgehead atoms. The van der Waals surface area contributed by atoms with E-state index in [0.717, 1.165) is 17.9 Å². The van der Waals surface area contributed by atoms with E-state index in [9.17, 15) is 4.79 Å². The molecule has 2 nitrogen and oxygen atoms in total. The van der Waals surface area contributed by atoms with Crippen LogP contribution in [0.5, 0.6) is 0 Å². The first-order chi connectivity index (χ1) is 9.34. The van der Waals surface area contributed by atoms with Gasteiger partial charge in [0.2, 0.25) is 0 Å². The van der Waals surface area contributed by atoms with Gasteiger partial charge in [0.25, 0.3) is 5.91 Å². The summed E-state index contributed by atoms with van der Waals surface area (Å²) in [7, 11) is 0. The van der Waals surface area contributed by atoms with Crippen LogP contribution in [0, 0.1) is 23.7 Å². The highest BCUT2D eigenvalue weighted by molar-refractivity contribution is 5.94. The summed E-state index contributed by atoms with van der Waals surface area (Å²) >= 11 is 0. The van der Waals surface area contributed by atoms with Gasteiger partial charge < -0.3 is 5.32 Å². The molecule has 2 aliphatic carbocycles. The number of carbonyl (C=O) groups is 1. The second kappa shape index (κ2) is 4.34. The molecule has 108 valence electrons. The van der Waals surface area contributed by atoms with Crippen LogP contribution in [0.25, 0.3) is 0 Å². The predicted octanol–water partition coefficient (Wildman–Crippen LogP) is 3.94. The van der Waals surface area contributed by atoms with Crippen molar-refractivity contribution in [2.45, 2.75) is 53.0 Å². The van der Waals surface area contributed by atoms with E-state index in [2.05, 4.69) is 26.1 Å². The molecule has 2 fully saturated rings. The Kier molecular flexibility index (Phi) is 2.97. The van der Waals surface area contributed by atoms with Crippen LogP contribution in [0.15, 0.2) is 24.3 Å². The minimum Gasteiger partial charge on any atom is -0.349 e. The van der Waals surface area contributed by atoms with E-state index < -0.39 is 0 Å². The van der Waals surface area contributed by atoms with Crippen molar-refractivity contribution in [3.8, 4) is 0 Å². The summed E-state index contributed by atoms with van der Waals surface area (Å²) in [6.45, 7) is 9.16. The summed E-state index contributed by atoms with van der Waals surface area (Å²) in [5, 5.41) is 3.30. The Balaban J connectivity index is 1.76. The molecule has 1 amide bonds. The van der Waals surface area contributed by atoms with E-state index in [-0.39, 0.29) is 11.3 Å². The van der Waals surface area contributed by atoms with Crippen molar-refractivity contribution < 1.29 is 4.79 Å². The number of rotatable bonds is 2. The number of fused-ring (bicyclic) bond motifs is 2. The van der Waals surface area contributed by atoms with Crippen LogP contribution < -0.4 is 5.32 Å². The topological polar surface area (TPSA) is 29.1 Å². The third kappa shape index (κ3) is 1.81. The maximum absolute atomic E-state index is 12.4. The fraction of sp³-hybridized carbons (Fsp3) is 0.611. The minimum absolute atomic E-state index is 0.0829. The quantitative estimate of drug-likeness (QED) is 0.867. The average Bonchev–Trinajstić information content (AvgIpc) is 2.72. The molecule has 3 rings (SSSR count). The normalized spacial score (nSPS) is 34.2. The molecule has 0 radical (unpaired) electrons. The first-order valence-corrected chi connectivity index (χ1v) is 7.72. The predicted molar refractivity (Wildman–Crippen MR) is 81.7 cm³/mol. The maximum atomic E-state index is 12.4. The average molecular weight is 271 g/mol. The SMILES string of the molecule is Cc1ccc(C(=O)NC2CC3CCC2(C)C3(C)C)cc1. The molecular formula is C18H25NO. The molecule has 1 N–H and O–H groups in total. The highest BCUT2D eigenvalue weighted by Crippen LogP contribution is 2.65. The standard InChI is InChI=1S/C18H25NO/c1-12-5-7-13(8-6-12)16(20)19-15-11-14-9-10-18(15,4)17(14,2)3/h5-8,14-15H,9-11H2,1-4H3,(H,19,20). The summed E-state index contributed by atoms with van der Waals surface area (Å²) in [6, 6.07) is 8.17. The minimum atomic E-state index is 0.0829. The van der Waals surface area contributed by atoms with E-state index in [4.69, 9.17) is 0 Å². The van der Waals surface area contributed by atoms with Gasteiger partial charge in [0, 0.05) is 11.6 Å². The van der Waals surface area contributed by atoms with Crippen LogP contribution in [0.1, 0.15) is 56.0 Å². The van der Waals surface area contributed by atoms with Crippen LogP contribution in [0.3, 0.4) is 0 Å². The van der Waals surface area contributed by atoms with Gasteiger partial charge in [0.1, 0.15) is 0 Å². The van der Waals surface area contributed by atoms with Gasteiger partial charge in [-0.25, -0.2) is 0 Å². The van der Waals surface area contributed by atoms with Gasteiger partial charge in [-0.15, -0.1) is 0 Å². The third-order valence-corrected chi connectivity index (χ3v) is 6.41. The fourth-order valence-corrected chi connectivity index (χ4v) is 4.37. The Hall–Kier alpha value is -1.31. The Labute approximate surface area is 122 Å². The molecule has 2 aliphatic rings. The number of nitrogens with one attached hydrogen (secondary N) is 1. The largest absolute Gasteiger partial charge is 0.349 e. The van der Waals surface area contributed by atoms with Crippen molar-refractivity contribution in [2.24, 2.45) is 16.7 Å². The van der Waals surface area contributed by atoms with Gasteiger partial charge in [-0.3, -0.25) is 4.79 Å². The smallest absolute Gasteiger partial charge is 0.251 e. The molecule has 1 aromatic carbocycles. The number of benzene rings is 1. The number of aryl methyl sites for hydroxylation is 1.